The highest BCUT2D eigenvalue weighted by atomic mass is 16.6. The van der Waals surface area contributed by atoms with Gasteiger partial charge in [-0.3, -0.25) is 14.9 Å². The van der Waals surface area contributed by atoms with Crippen molar-refractivity contribution in [1.29, 1.82) is 0 Å². The number of nitrogens with one attached hydrogen (secondary N) is 2. The molecule has 1 aromatic carbocycles. The van der Waals surface area contributed by atoms with Crippen molar-refractivity contribution in [2.24, 2.45) is 0 Å². The molecular weight excluding hydrogens is 274 g/mol. The minimum absolute atomic E-state index is 0.219. The summed E-state index contributed by atoms with van der Waals surface area (Å²) in [4.78, 5) is 32.1. The van der Waals surface area contributed by atoms with E-state index in [0.29, 0.717) is 13.0 Å². The van der Waals surface area contributed by atoms with E-state index >= 15 is 0 Å². The van der Waals surface area contributed by atoms with Gasteiger partial charge in [-0.15, -0.1) is 0 Å². The minimum Gasteiger partial charge on any atom is -0.338 e. The largest absolute Gasteiger partial charge is 0.338 e. The first-order valence-electron chi connectivity index (χ1n) is 6.81. The first kappa shape index (κ1) is 16.6. The van der Waals surface area contributed by atoms with Crippen LogP contribution in [0.15, 0.2) is 30.3 Å². The molecule has 0 aromatic heterocycles. The summed E-state index contributed by atoms with van der Waals surface area (Å²) in [6.45, 7) is -0.0974. The van der Waals surface area contributed by atoms with Gasteiger partial charge < -0.3 is 10.6 Å². The molecule has 1 rings (SSSR count). The van der Waals surface area contributed by atoms with E-state index in [0.717, 1.165) is 18.5 Å². The molecule has 7 heteroatoms. The van der Waals surface area contributed by atoms with Gasteiger partial charge in [0.15, 0.2) is 0 Å². The van der Waals surface area contributed by atoms with Gasteiger partial charge in [-0.2, -0.15) is 0 Å². The van der Waals surface area contributed by atoms with Crippen molar-refractivity contribution < 1.29 is 14.5 Å². The number of urea groups is 1. The van der Waals surface area contributed by atoms with E-state index in [1.807, 2.05) is 18.2 Å². The molecule has 114 valence electrons. The van der Waals surface area contributed by atoms with Crippen LogP contribution in [0.3, 0.4) is 0 Å². The van der Waals surface area contributed by atoms with Crippen LogP contribution in [-0.2, 0) is 4.79 Å². The molecule has 0 aliphatic rings. The van der Waals surface area contributed by atoms with Crippen LogP contribution in [0.5, 0.6) is 0 Å². The van der Waals surface area contributed by atoms with E-state index in [4.69, 9.17) is 0 Å². The Labute approximate surface area is 122 Å². The molecular formula is C14H19N3O4. The van der Waals surface area contributed by atoms with Gasteiger partial charge in [0.1, 0.15) is 0 Å². The quantitative estimate of drug-likeness (QED) is 0.414. The predicted octanol–water partition coefficient (Wildman–Crippen LogP) is 2.21. The third kappa shape index (κ3) is 8.35. The zero-order chi connectivity index (χ0) is 15.5. The number of Topliss-reactive ketones (excluding diaryl/α,β-unsaturated/α-hetero) is 1. The third-order valence-corrected chi connectivity index (χ3v) is 2.76. The highest BCUT2D eigenvalue weighted by molar-refractivity contribution is 5.89. The van der Waals surface area contributed by atoms with E-state index in [1.165, 1.54) is 0 Å². The molecule has 0 radical (unpaired) electrons. The summed E-state index contributed by atoms with van der Waals surface area (Å²) in [6, 6.07) is 8.84. The van der Waals surface area contributed by atoms with Crippen molar-refractivity contribution in [3.05, 3.63) is 40.4 Å². The Bertz CT molecular complexity index is 476. The van der Waals surface area contributed by atoms with Gasteiger partial charge in [-0.05, 0) is 25.0 Å². The molecule has 0 bridgehead atoms. The van der Waals surface area contributed by atoms with E-state index in [-0.39, 0.29) is 18.2 Å². The van der Waals surface area contributed by atoms with Crippen LogP contribution in [0.2, 0.25) is 0 Å². The molecule has 0 saturated carbocycles. The van der Waals surface area contributed by atoms with Crippen molar-refractivity contribution in [2.45, 2.75) is 25.7 Å². The smallest absolute Gasteiger partial charge is 0.319 e. The van der Waals surface area contributed by atoms with Crippen LogP contribution in [0, 0.1) is 10.1 Å². The minimum atomic E-state index is -0.613. The van der Waals surface area contributed by atoms with Crippen LogP contribution in [0.4, 0.5) is 10.5 Å². The Hall–Kier alpha value is -2.44. The Balaban J connectivity index is 2.02. The monoisotopic (exact) mass is 293 g/mol. The predicted molar refractivity (Wildman–Crippen MR) is 78.8 cm³/mol. The van der Waals surface area contributed by atoms with E-state index in [2.05, 4.69) is 10.6 Å². The number of para-hydroxylation sites is 1. The molecule has 0 unspecified atom stereocenters. The topological polar surface area (TPSA) is 101 Å². The summed E-state index contributed by atoms with van der Waals surface area (Å²) in [7, 11) is 0. The number of nitro groups is 1. The summed E-state index contributed by atoms with van der Waals surface area (Å²) in [5.74, 6) is -0.352. The van der Waals surface area contributed by atoms with Crippen molar-refractivity contribution in [3.63, 3.8) is 0 Å². The molecule has 0 aliphatic heterocycles. The number of ketones is 1. The molecule has 7 nitrogen and oxygen atoms in total. The second kappa shape index (κ2) is 9.46. The van der Waals surface area contributed by atoms with Crippen LogP contribution in [-0.4, -0.2) is 29.8 Å². The zero-order valence-electron chi connectivity index (χ0n) is 11.7. The van der Waals surface area contributed by atoms with Crippen molar-refractivity contribution in [2.75, 3.05) is 18.4 Å². The summed E-state index contributed by atoms with van der Waals surface area (Å²) in [5.41, 5.74) is 0.723. The SMILES string of the molecule is O=C(CCCCCNC(=O)Nc1ccccc1)C[N+](=O)[O-]. The molecule has 0 aliphatic carbocycles. The lowest BCUT2D eigenvalue weighted by Gasteiger charge is -2.07. The first-order valence-corrected chi connectivity index (χ1v) is 6.81. The number of carbonyl (C=O) groups is 2. The van der Waals surface area contributed by atoms with Crippen LogP contribution >= 0.6 is 0 Å². The average Bonchev–Trinajstić information content (AvgIpc) is 2.43. The highest BCUT2D eigenvalue weighted by Gasteiger charge is 2.08. The van der Waals surface area contributed by atoms with Crippen molar-refractivity contribution in [1.82, 2.24) is 5.32 Å². The maximum absolute atomic E-state index is 11.5. The molecule has 2 amide bonds. The van der Waals surface area contributed by atoms with Crippen LogP contribution in [0.25, 0.3) is 0 Å². The fourth-order valence-electron chi connectivity index (χ4n) is 1.75. The number of hydrogen-bond acceptors (Lipinski definition) is 4. The molecule has 1 aromatic rings. The van der Waals surface area contributed by atoms with Gasteiger partial charge in [0.2, 0.25) is 5.78 Å². The Morgan fingerprint density at radius 1 is 1.10 bits per heavy atom. The number of nitrogens with zero attached hydrogens (tertiary/aromatic N) is 1. The maximum Gasteiger partial charge on any atom is 0.319 e. The van der Waals surface area contributed by atoms with Crippen molar-refractivity contribution in [3.8, 4) is 0 Å². The third-order valence-electron chi connectivity index (χ3n) is 2.76. The Morgan fingerprint density at radius 2 is 1.81 bits per heavy atom. The van der Waals surface area contributed by atoms with Crippen LogP contribution in [0.1, 0.15) is 25.7 Å². The molecule has 0 atom stereocenters. The van der Waals surface area contributed by atoms with Gasteiger partial charge in [0.05, 0.1) is 0 Å². The highest BCUT2D eigenvalue weighted by Crippen LogP contribution is 2.04. The normalized spacial score (nSPS) is 9.90. The lowest BCUT2D eigenvalue weighted by Crippen LogP contribution is -2.29. The van der Waals surface area contributed by atoms with E-state index in [1.54, 1.807) is 12.1 Å². The number of carbonyl (C=O) groups excluding carboxylic acids is 2. The molecule has 0 heterocycles. The number of rotatable bonds is 9. The standard InChI is InChI=1S/C14H19N3O4/c18-13(11-17(20)21)9-5-2-6-10-15-14(19)16-12-7-3-1-4-8-12/h1,3-4,7-8H,2,5-6,9-11H2,(H2,15,16,19). The fourth-order valence-corrected chi connectivity index (χ4v) is 1.75. The molecule has 0 fully saturated rings. The summed E-state index contributed by atoms with van der Waals surface area (Å²) in [5, 5.41) is 15.5. The lowest BCUT2D eigenvalue weighted by molar-refractivity contribution is -0.467. The van der Waals surface area contributed by atoms with Gasteiger partial charge in [-0.1, -0.05) is 24.6 Å². The van der Waals surface area contributed by atoms with Gasteiger partial charge in [0.25, 0.3) is 6.54 Å². The van der Waals surface area contributed by atoms with Crippen LogP contribution < -0.4 is 10.6 Å². The first-order chi connectivity index (χ1) is 10.1. The average molecular weight is 293 g/mol. The Morgan fingerprint density at radius 3 is 2.48 bits per heavy atom. The Kier molecular flexibility index (Phi) is 7.49. The van der Waals surface area contributed by atoms with Crippen molar-refractivity contribution >= 4 is 17.5 Å². The number of unbranched alkanes of at least 4 members (excludes halogenated alkanes) is 2. The number of benzene rings is 1. The molecule has 0 saturated heterocycles. The second-order valence-electron chi connectivity index (χ2n) is 4.59. The van der Waals surface area contributed by atoms with E-state index in [9.17, 15) is 19.7 Å². The van der Waals surface area contributed by atoms with Gasteiger partial charge >= 0.3 is 6.03 Å². The molecule has 21 heavy (non-hydrogen) atoms. The number of anilines is 1. The summed E-state index contributed by atoms with van der Waals surface area (Å²) in [6.07, 6.45) is 2.30. The van der Waals surface area contributed by atoms with Gasteiger partial charge in [-0.25, -0.2) is 4.79 Å². The van der Waals surface area contributed by atoms with E-state index < -0.39 is 11.5 Å². The number of amides is 2. The summed E-state index contributed by atoms with van der Waals surface area (Å²) >= 11 is 0. The molecule has 0 spiro atoms. The number of hydrogen-bond donors (Lipinski definition) is 2. The summed E-state index contributed by atoms with van der Waals surface area (Å²) < 4.78 is 0. The lowest BCUT2D eigenvalue weighted by atomic mass is 10.1. The maximum atomic E-state index is 11.5. The van der Waals surface area contributed by atoms with Gasteiger partial charge in [0, 0.05) is 23.6 Å². The fraction of sp³-hybridized carbons (Fsp3) is 0.429. The second-order valence-corrected chi connectivity index (χ2v) is 4.59. The zero-order valence-corrected chi connectivity index (χ0v) is 11.7. The molecule has 2 N–H and O–H groups in total.